The van der Waals surface area contributed by atoms with Crippen molar-refractivity contribution in [3.05, 3.63) is 65.5 Å². The maximum absolute atomic E-state index is 13.5. The molecule has 0 spiro atoms. The average molecular weight is 283 g/mol. The molecule has 0 saturated carbocycles. The molecule has 0 radical (unpaired) electrons. The summed E-state index contributed by atoms with van der Waals surface area (Å²) in [7, 11) is 0. The van der Waals surface area contributed by atoms with Crippen LogP contribution in [0.5, 0.6) is 0 Å². The van der Waals surface area contributed by atoms with Crippen LogP contribution in [0.1, 0.15) is 18.1 Å². The molecule has 1 unspecified atom stereocenters. The zero-order valence-electron chi connectivity index (χ0n) is 12.1. The molecular formula is C18H18FNO. The second-order valence-electron chi connectivity index (χ2n) is 5.85. The van der Waals surface area contributed by atoms with E-state index < -0.39 is 5.41 Å². The predicted octanol–water partition coefficient (Wildman–Crippen LogP) is 3.35. The van der Waals surface area contributed by atoms with Gasteiger partial charge in [-0.2, -0.15) is 0 Å². The highest BCUT2D eigenvalue weighted by molar-refractivity contribution is 5.70. The van der Waals surface area contributed by atoms with Gasteiger partial charge in [0.15, 0.2) is 0 Å². The maximum Gasteiger partial charge on any atom is 0.132 e. The standard InChI is InChI=1S/C18H18FNO/c1-18(13-21,15-5-3-2-4-6-15)12-20-10-9-14-7-8-16(19)11-17(14)20/h2-8,11,13H,9-10,12H2,1H3. The highest BCUT2D eigenvalue weighted by atomic mass is 19.1. The number of anilines is 1. The Morgan fingerprint density at radius 3 is 2.71 bits per heavy atom. The van der Waals surface area contributed by atoms with Gasteiger partial charge in [-0.15, -0.1) is 0 Å². The summed E-state index contributed by atoms with van der Waals surface area (Å²) in [5.41, 5.74) is 2.47. The van der Waals surface area contributed by atoms with E-state index in [0.717, 1.165) is 36.1 Å². The number of aldehydes is 1. The smallest absolute Gasteiger partial charge is 0.132 e. The van der Waals surface area contributed by atoms with Gasteiger partial charge in [0, 0.05) is 18.8 Å². The molecule has 0 bridgehead atoms. The van der Waals surface area contributed by atoms with Crippen LogP contribution < -0.4 is 4.90 Å². The molecule has 1 aliphatic heterocycles. The molecular weight excluding hydrogens is 265 g/mol. The molecule has 21 heavy (non-hydrogen) atoms. The van der Waals surface area contributed by atoms with Gasteiger partial charge in [0.1, 0.15) is 12.1 Å². The molecule has 0 aliphatic carbocycles. The predicted molar refractivity (Wildman–Crippen MR) is 82.2 cm³/mol. The van der Waals surface area contributed by atoms with E-state index >= 15 is 0 Å². The molecule has 2 nitrogen and oxygen atoms in total. The minimum absolute atomic E-state index is 0.229. The first-order valence-corrected chi connectivity index (χ1v) is 7.18. The number of halogens is 1. The summed E-state index contributed by atoms with van der Waals surface area (Å²) in [6.45, 7) is 3.33. The van der Waals surface area contributed by atoms with Crippen LogP contribution in [-0.4, -0.2) is 19.4 Å². The molecule has 0 saturated heterocycles. The number of hydrogen-bond acceptors (Lipinski definition) is 2. The molecule has 0 fully saturated rings. The zero-order valence-corrected chi connectivity index (χ0v) is 12.1. The molecule has 2 aromatic rings. The van der Waals surface area contributed by atoms with Gasteiger partial charge < -0.3 is 9.69 Å². The van der Waals surface area contributed by atoms with Crippen LogP contribution in [0.15, 0.2) is 48.5 Å². The first-order chi connectivity index (χ1) is 10.1. The van der Waals surface area contributed by atoms with Crippen LogP contribution in [0.4, 0.5) is 10.1 Å². The third-order valence-corrected chi connectivity index (χ3v) is 4.25. The van der Waals surface area contributed by atoms with Gasteiger partial charge in [0.05, 0.1) is 5.41 Å². The normalized spacial score (nSPS) is 16.4. The van der Waals surface area contributed by atoms with Gasteiger partial charge in [-0.1, -0.05) is 36.4 Å². The fraction of sp³-hybridized carbons (Fsp3) is 0.278. The van der Waals surface area contributed by atoms with Crippen molar-refractivity contribution in [2.45, 2.75) is 18.8 Å². The summed E-state index contributed by atoms with van der Waals surface area (Å²) in [6.07, 6.45) is 1.90. The van der Waals surface area contributed by atoms with Crippen LogP contribution in [0.25, 0.3) is 0 Å². The number of nitrogens with zero attached hydrogens (tertiary/aromatic N) is 1. The van der Waals surface area contributed by atoms with E-state index in [0.29, 0.717) is 6.54 Å². The van der Waals surface area contributed by atoms with Crippen LogP contribution in [0, 0.1) is 5.82 Å². The van der Waals surface area contributed by atoms with Gasteiger partial charge in [-0.25, -0.2) is 4.39 Å². The maximum atomic E-state index is 13.5. The van der Waals surface area contributed by atoms with Crippen LogP contribution in [-0.2, 0) is 16.6 Å². The Morgan fingerprint density at radius 1 is 1.24 bits per heavy atom. The third-order valence-electron chi connectivity index (χ3n) is 4.25. The van der Waals surface area contributed by atoms with Crippen molar-refractivity contribution >= 4 is 12.0 Å². The van der Waals surface area contributed by atoms with Gasteiger partial charge in [0.25, 0.3) is 0 Å². The Morgan fingerprint density at radius 2 is 2.00 bits per heavy atom. The average Bonchev–Trinajstić information content (AvgIpc) is 2.90. The van der Waals surface area contributed by atoms with E-state index in [4.69, 9.17) is 0 Å². The van der Waals surface area contributed by atoms with Gasteiger partial charge in [0.2, 0.25) is 0 Å². The van der Waals surface area contributed by atoms with E-state index in [1.54, 1.807) is 6.07 Å². The Bertz CT molecular complexity index is 656. The van der Waals surface area contributed by atoms with Crippen molar-refractivity contribution in [3.63, 3.8) is 0 Å². The van der Waals surface area contributed by atoms with E-state index in [1.165, 1.54) is 6.07 Å². The lowest BCUT2D eigenvalue weighted by atomic mass is 9.83. The van der Waals surface area contributed by atoms with Gasteiger partial charge in [-0.3, -0.25) is 0 Å². The Hall–Kier alpha value is -2.16. The molecule has 1 heterocycles. The summed E-state index contributed by atoms with van der Waals surface area (Å²) in [6, 6.07) is 14.7. The summed E-state index contributed by atoms with van der Waals surface area (Å²) < 4.78 is 13.5. The first kappa shape index (κ1) is 13.8. The van der Waals surface area contributed by atoms with Crippen LogP contribution in [0.2, 0.25) is 0 Å². The minimum atomic E-state index is -0.588. The van der Waals surface area contributed by atoms with Gasteiger partial charge in [-0.05, 0) is 36.6 Å². The van der Waals surface area contributed by atoms with Crippen molar-refractivity contribution in [2.24, 2.45) is 0 Å². The second-order valence-corrected chi connectivity index (χ2v) is 5.85. The number of carbonyl (C=O) groups is 1. The third kappa shape index (κ3) is 2.56. The summed E-state index contributed by atoms with van der Waals surface area (Å²) in [4.78, 5) is 13.8. The van der Waals surface area contributed by atoms with E-state index in [9.17, 15) is 9.18 Å². The lowest BCUT2D eigenvalue weighted by Crippen LogP contribution is -2.39. The number of rotatable bonds is 4. The molecule has 3 heteroatoms. The van der Waals surface area contributed by atoms with E-state index in [2.05, 4.69) is 4.90 Å². The summed E-state index contributed by atoms with van der Waals surface area (Å²) in [5.74, 6) is -0.229. The molecule has 0 N–H and O–H groups in total. The fourth-order valence-electron chi connectivity index (χ4n) is 2.99. The molecule has 0 amide bonds. The molecule has 1 atom stereocenters. The van der Waals surface area contributed by atoms with Crippen molar-refractivity contribution in [1.82, 2.24) is 0 Å². The molecule has 2 aromatic carbocycles. The fourth-order valence-corrected chi connectivity index (χ4v) is 2.99. The monoisotopic (exact) mass is 283 g/mol. The van der Waals surface area contributed by atoms with Crippen LogP contribution in [0.3, 0.4) is 0 Å². The molecule has 108 valence electrons. The highest BCUT2D eigenvalue weighted by Gasteiger charge is 2.31. The SMILES string of the molecule is CC(C=O)(CN1CCc2ccc(F)cc21)c1ccccc1. The molecule has 1 aliphatic rings. The van der Waals surface area contributed by atoms with Crippen LogP contribution >= 0.6 is 0 Å². The Kier molecular flexibility index (Phi) is 3.50. The zero-order chi connectivity index (χ0) is 14.9. The number of benzene rings is 2. The lowest BCUT2D eigenvalue weighted by molar-refractivity contribution is -0.111. The summed E-state index contributed by atoms with van der Waals surface area (Å²) in [5, 5.41) is 0. The molecule has 3 rings (SSSR count). The number of fused-ring (bicyclic) bond motifs is 1. The van der Waals surface area contributed by atoms with Crippen molar-refractivity contribution in [1.29, 1.82) is 0 Å². The first-order valence-electron chi connectivity index (χ1n) is 7.18. The van der Waals surface area contributed by atoms with E-state index in [1.807, 2.05) is 43.3 Å². The lowest BCUT2D eigenvalue weighted by Gasteiger charge is -2.31. The summed E-state index contributed by atoms with van der Waals surface area (Å²) >= 11 is 0. The quantitative estimate of drug-likeness (QED) is 0.802. The van der Waals surface area contributed by atoms with E-state index in [-0.39, 0.29) is 5.82 Å². The largest absolute Gasteiger partial charge is 0.370 e. The Balaban J connectivity index is 1.90. The Labute approximate surface area is 124 Å². The van der Waals surface area contributed by atoms with Gasteiger partial charge >= 0.3 is 0 Å². The second kappa shape index (κ2) is 5.32. The van der Waals surface area contributed by atoms with Crippen molar-refractivity contribution in [3.8, 4) is 0 Å². The number of hydrogen-bond donors (Lipinski definition) is 0. The van der Waals surface area contributed by atoms with Crippen molar-refractivity contribution < 1.29 is 9.18 Å². The van der Waals surface area contributed by atoms with Crippen molar-refractivity contribution in [2.75, 3.05) is 18.0 Å². The highest BCUT2D eigenvalue weighted by Crippen LogP contribution is 2.32. The minimum Gasteiger partial charge on any atom is -0.370 e. The molecule has 0 aromatic heterocycles. The topological polar surface area (TPSA) is 20.3 Å². The number of carbonyl (C=O) groups excluding carboxylic acids is 1.